The third-order valence-corrected chi connectivity index (χ3v) is 2.75. The summed E-state index contributed by atoms with van der Waals surface area (Å²) in [6.07, 6.45) is -1.20. The van der Waals surface area contributed by atoms with Gasteiger partial charge in [0, 0.05) is 6.42 Å². The fourth-order valence-electron chi connectivity index (χ4n) is 0.954. The van der Waals surface area contributed by atoms with E-state index in [1.165, 1.54) is 0 Å². The molecule has 3 N–H and O–H groups in total. The number of nitrogens with one attached hydrogen (secondary N) is 1. The number of hydrogen-bond donors (Lipinski definition) is 3. The second-order valence-electron chi connectivity index (χ2n) is 5.13. The average molecular weight is 231 g/mol. The molecule has 0 radical (unpaired) electrons. The average Bonchev–Trinajstić information content (AvgIpc) is 2.12. The Labute approximate surface area is 95.9 Å². The van der Waals surface area contributed by atoms with E-state index in [0.29, 0.717) is 6.42 Å². The Bertz CT molecular complexity index is 257. The van der Waals surface area contributed by atoms with Crippen molar-refractivity contribution in [2.75, 3.05) is 6.54 Å². The van der Waals surface area contributed by atoms with Crippen LogP contribution in [-0.2, 0) is 9.59 Å². The topological polar surface area (TPSA) is 86.6 Å². The molecule has 1 amide bonds. The van der Waals surface area contributed by atoms with Crippen molar-refractivity contribution in [3.8, 4) is 0 Å². The van der Waals surface area contributed by atoms with Gasteiger partial charge in [-0.25, -0.2) is 4.79 Å². The summed E-state index contributed by atoms with van der Waals surface area (Å²) in [6.45, 7) is 7.84. The Morgan fingerprint density at radius 1 is 1.31 bits per heavy atom. The molecule has 0 aliphatic carbocycles. The summed E-state index contributed by atoms with van der Waals surface area (Å²) in [7, 11) is 0. The van der Waals surface area contributed by atoms with E-state index in [1.54, 1.807) is 0 Å². The zero-order valence-corrected chi connectivity index (χ0v) is 10.3. The minimum atomic E-state index is -1.53. The smallest absolute Gasteiger partial charge is 0.334 e. The largest absolute Gasteiger partial charge is 0.479 e. The standard InChI is InChI=1S/C11H21NO4/c1-7(11(2,3)4)5-9(14)12-6-8(13)10(15)16/h7-8,13H,5-6H2,1-4H3,(H,12,14)(H,15,16). The lowest BCUT2D eigenvalue weighted by molar-refractivity contribution is -0.146. The number of amides is 1. The first-order chi connectivity index (χ1) is 7.14. The molecule has 2 atom stereocenters. The molecular formula is C11H21NO4. The number of hydrogen-bond acceptors (Lipinski definition) is 3. The van der Waals surface area contributed by atoms with Crippen molar-refractivity contribution in [1.82, 2.24) is 5.32 Å². The van der Waals surface area contributed by atoms with Gasteiger partial charge in [-0.3, -0.25) is 4.79 Å². The molecule has 94 valence electrons. The number of aliphatic hydroxyl groups is 1. The molecule has 16 heavy (non-hydrogen) atoms. The molecule has 0 aliphatic heterocycles. The van der Waals surface area contributed by atoms with Crippen molar-refractivity contribution in [3.63, 3.8) is 0 Å². The Balaban J connectivity index is 3.97. The first-order valence-electron chi connectivity index (χ1n) is 5.32. The number of aliphatic carboxylic acids is 1. The fourth-order valence-corrected chi connectivity index (χ4v) is 0.954. The van der Waals surface area contributed by atoms with Gasteiger partial charge in [0.15, 0.2) is 6.10 Å². The van der Waals surface area contributed by atoms with E-state index < -0.39 is 12.1 Å². The summed E-state index contributed by atoms with van der Waals surface area (Å²) < 4.78 is 0. The van der Waals surface area contributed by atoms with E-state index in [1.807, 2.05) is 27.7 Å². The van der Waals surface area contributed by atoms with Crippen LogP contribution in [0.1, 0.15) is 34.1 Å². The van der Waals surface area contributed by atoms with Gasteiger partial charge in [0.2, 0.25) is 5.91 Å². The molecule has 0 aromatic rings. The van der Waals surface area contributed by atoms with E-state index in [9.17, 15) is 9.59 Å². The third-order valence-electron chi connectivity index (χ3n) is 2.75. The maximum Gasteiger partial charge on any atom is 0.334 e. The number of carbonyl (C=O) groups is 2. The molecule has 0 saturated heterocycles. The number of carbonyl (C=O) groups excluding carboxylic acids is 1. The summed E-state index contributed by atoms with van der Waals surface area (Å²) in [5, 5.41) is 19.8. The van der Waals surface area contributed by atoms with Crippen LogP contribution < -0.4 is 5.32 Å². The minimum Gasteiger partial charge on any atom is -0.479 e. The second-order valence-corrected chi connectivity index (χ2v) is 5.13. The van der Waals surface area contributed by atoms with Crippen LogP contribution in [0.4, 0.5) is 0 Å². The van der Waals surface area contributed by atoms with Crippen molar-refractivity contribution in [2.45, 2.75) is 40.2 Å². The van der Waals surface area contributed by atoms with Crippen LogP contribution in [0.3, 0.4) is 0 Å². The minimum absolute atomic E-state index is 0.0305. The number of carboxylic acid groups (broad SMARTS) is 1. The third kappa shape index (κ3) is 5.70. The number of rotatable bonds is 5. The summed E-state index contributed by atoms with van der Waals surface area (Å²) in [6, 6.07) is 0. The van der Waals surface area contributed by atoms with Crippen LogP contribution in [0.15, 0.2) is 0 Å². The Hall–Kier alpha value is -1.10. The van der Waals surface area contributed by atoms with Crippen LogP contribution >= 0.6 is 0 Å². The summed E-state index contributed by atoms with van der Waals surface area (Å²) in [5.74, 6) is -1.37. The molecule has 0 fully saturated rings. The van der Waals surface area contributed by atoms with Gasteiger partial charge in [0.05, 0.1) is 6.54 Å². The highest BCUT2D eigenvalue weighted by molar-refractivity contribution is 5.78. The van der Waals surface area contributed by atoms with Crippen LogP contribution in [0, 0.1) is 11.3 Å². The van der Waals surface area contributed by atoms with Gasteiger partial charge in [-0.05, 0) is 11.3 Å². The molecular weight excluding hydrogens is 210 g/mol. The SMILES string of the molecule is CC(CC(=O)NCC(O)C(=O)O)C(C)(C)C. The maximum absolute atomic E-state index is 11.4. The molecule has 5 nitrogen and oxygen atoms in total. The van der Waals surface area contributed by atoms with Gasteiger partial charge in [-0.15, -0.1) is 0 Å². The second kappa shape index (κ2) is 5.84. The van der Waals surface area contributed by atoms with Crippen molar-refractivity contribution in [2.24, 2.45) is 11.3 Å². The predicted octanol–water partition coefficient (Wildman–Crippen LogP) is 0.620. The van der Waals surface area contributed by atoms with Crippen LogP contribution in [-0.4, -0.2) is 34.7 Å². The van der Waals surface area contributed by atoms with Gasteiger partial charge in [0.25, 0.3) is 0 Å². The molecule has 0 aromatic carbocycles. The van der Waals surface area contributed by atoms with Gasteiger partial charge >= 0.3 is 5.97 Å². The molecule has 0 aromatic heterocycles. The normalized spacial score (nSPS) is 15.3. The summed E-state index contributed by atoms with van der Waals surface area (Å²) in [5.41, 5.74) is 0.0305. The quantitative estimate of drug-likeness (QED) is 0.647. The van der Waals surface area contributed by atoms with Gasteiger partial charge in [-0.1, -0.05) is 27.7 Å². The molecule has 5 heteroatoms. The zero-order chi connectivity index (χ0) is 12.9. The first-order valence-corrected chi connectivity index (χ1v) is 5.32. The molecule has 0 saturated carbocycles. The fraction of sp³-hybridized carbons (Fsp3) is 0.818. The first kappa shape index (κ1) is 14.9. The monoisotopic (exact) mass is 231 g/mol. The Kier molecular flexibility index (Phi) is 5.44. The summed E-state index contributed by atoms with van der Waals surface area (Å²) in [4.78, 5) is 21.7. The van der Waals surface area contributed by atoms with E-state index in [-0.39, 0.29) is 23.8 Å². The van der Waals surface area contributed by atoms with Crippen molar-refractivity contribution < 1.29 is 19.8 Å². The highest BCUT2D eigenvalue weighted by Crippen LogP contribution is 2.27. The lowest BCUT2D eigenvalue weighted by Crippen LogP contribution is -2.37. The Morgan fingerprint density at radius 3 is 2.19 bits per heavy atom. The molecule has 0 heterocycles. The van der Waals surface area contributed by atoms with Gasteiger partial charge in [-0.2, -0.15) is 0 Å². The molecule has 0 rings (SSSR count). The molecule has 2 unspecified atom stereocenters. The van der Waals surface area contributed by atoms with Crippen LogP contribution in [0.25, 0.3) is 0 Å². The zero-order valence-electron chi connectivity index (χ0n) is 10.3. The number of aliphatic hydroxyl groups excluding tert-OH is 1. The van der Waals surface area contributed by atoms with Crippen LogP contribution in [0.2, 0.25) is 0 Å². The molecule has 0 aliphatic rings. The van der Waals surface area contributed by atoms with E-state index in [2.05, 4.69) is 5.32 Å². The van der Waals surface area contributed by atoms with Gasteiger partial charge in [0.1, 0.15) is 0 Å². The van der Waals surface area contributed by atoms with Crippen molar-refractivity contribution in [1.29, 1.82) is 0 Å². The van der Waals surface area contributed by atoms with E-state index in [0.717, 1.165) is 0 Å². The van der Waals surface area contributed by atoms with E-state index in [4.69, 9.17) is 10.2 Å². The lowest BCUT2D eigenvalue weighted by atomic mass is 9.80. The highest BCUT2D eigenvalue weighted by atomic mass is 16.4. The predicted molar refractivity (Wildman–Crippen MR) is 59.9 cm³/mol. The van der Waals surface area contributed by atoms with Crippen molar-refractivity contribution >= 4 is 11.9 Å². The van der Waals surface area contributed by atoms with Crippen molar-refractivity contribution in [3.05, 3.63) is 0 Å². The number of carboxylic acids is 1. The molecule has 0 spiro atoms. The van der Waals surface area contributed by atoms with Crippen LogP contribution in [0.5, 0.6) is 0 Å². The lowest BCUT2D eigenvalue weighted by Gasteiger charge is -2.26. The van der Waals surface area contributed by atoms with E-state index >= 15 is 0 Å². The highest BCUT2D eigenvalue weighted by Gasteiger charge is 2.23. The van der Waals surface area contributed by atoms with Gasteiger partial charge < -0.3 is 15.5 Å². The molecule has 0 bridgehead atoms. The Morgan fingerprint density at radius 2 is 1.81 bits per heavy atom. The summed E-state index contributed by atoms with van der Waals surface area (Å²) >= 11 is 0. The maximum atomic E-state index is 11.4.